The molecule has 0 unspecified atom stereocenters. The third-order valence-electron chi connectivity index (χ3n) is 2.50. The van der Waals surface area contributed by atoms with E-state index in [4.69, 9.17) is 4.18 Å². The Hall–Kier alpha value is -1.81. The van der Waals surface area contributed by atoms with Gasteiger partial charge >= 0.3 is 10.1 Å². The summed E-state index contributed by atoms with van der Waals surface area (Å²) in [6.45, 7) is 1.81. The fourth-order valence-corrected chi connectivity index (χ4v) is 2.71. The molecule has 0 radical (unpaired) electrons. The highest BCUT2D eigenvalue weighted by atomic mass is 32.2. The Morgan fingerprint density at radius 2 is 1.56 bits per heavy atom. The molecule has 0 aliphatic carbocycles. The smallest absolute Gasteiger partial charge is 0.313 e. The van der Waals surface area contributed by atoms with Gasteiger partial charge in [0.25, 0.3) is 0 Å². The molecule has 18 heavy (non-hydrogen) atoms. The van der Waals surface area contributed by atoms with E-state index in [1.165, 1.54) is 0 Å². The van der Waals surface area contributed by atoms with E-state index in [1.807, 2.05) is 25.1 Å². The van der Waals surface area contributed by atoms with Crippen molar-refractivity contribution in [3.05, 3.63) is 65.7 Å². The van der Waals surface area contributed by atoms with Gasteiger partial charge in [0, 0.05) is 0 Å². The molecular weight excluding hydrogens is 248 g/mol. The van der Waals surface area contributed by atoms with Crippen molar-refractivity contribution in [2.45, 2.75) is 12.7 Å². The lowest BCUT2D eigenvalue weighted by atomic mass is 10.2. The van der Waals surface area contributed by atoms with Gasteiger partial charge in [-0.3, -0.25) is 0 Å². The predicted octanol–water partition coefficient (Wildman–Crippen LogP) is 2.90. The summed E-state index contributed by atoms with van der Waals surface area (Å²) >= 11 is 0. The minimum absolute atomic E-state index is 0.123. The Kier molecular flexibility index (Phi) is 3.67. The van der Waals surface area contributed by atoms with E-state index in [0.717, 1.165) is 5.56 Å². The number of hydrogen-bond donors (Lipinski definition) is 0. The maximum absolute atomic E-state index is 11.9. The third-order valence-corrected chi connectivity index (χ3v) is 3.62. The molecule has 0 aliphatic rings. The van der Waals surface area contributed by atoms with Crippen molar-refractivity contribution in [1.82, 2.24) is 0 Å². The van der Waals surface area contributed by atoms with Gasteiger partial charge in [0.15, 0.2) is 0 Å². The molecule has 0 saturated carbocycles. The molecule has 2 rings (SSSR count). The zero-order valence-corrected chi connectivity index (χ0v) is 10.9. The zero-order valence-electron chi connectivity index (χ0n) is 10.0. The van der Waals surface area contributed by atoms with Gasteiger partial charge in [0.05, 0.1) is 0 Å². The number of rotatable bonds is 4. The van der Waals surface area contributed by atoms with Crippen molar-refractivity contribution in [3.63, 3.8) is 0 Å². The average molecular weight is 262 g/mol. The molecule has 2 aromatic carbocycles. The van der Waals surface area contributed by atoms with Crippen LogP contribution in [0.5, 0.6) is 5.75 Å². The van der Waals surface area contributed by atoms with Gasteiger partial charge in [-0.2, -0.15) is 8.42 Å². The fourth-order valence-electron chi connectivity index (χ4n) is 1.59. The van der Waals surface area contributed by atoms with Gasteiger partial charge in [0.2, 0.25) is 0 Å². The summed E-state index contributed by atoms with van der Waals surface area (Å²) in [5.41, 5.74) is 1.51. The first-order chi connectivity index (χ1) is 8.57. The van der Waals surface area contributed by atoms with Gasteiger partial charge in [0.1, 0.15) is 11.5 Å². The van der Waals surface area contributed by atoms with Crippen LogP contribution in [0.15, 0.2) is 54.6 Å². The second-order valence-corrected chi connectivity index (χ2v) is 5.61. The molecule has 0 N–H and O–H groups in total. The number of benzene rings is 2. The Balaban J connectivity index is 2.16. The molecule has 0 heterocycles. The molecule has 0 aliphatic heterocycles. The van der Waals surface area contributed by atoms with E-state index in [0.29, 0.717) is 11.3 Å². The molecule has 0 bridgehead atoms. The molecule has 2 aromatic rings. The number of para-hydroxylation sites is 1. The number of aryl methyl sites for hydroxylation is 1. The Labute approximate surface area is 107 Å². The van der Waals surface area contributed by atoms with E-state index >= 15 is 0 Å². The van der Waals surface area contributed by atoms with Crippen molar-refractivity contribution in [1.29, 1.82) is 0 Å². The molecule has 3 nitrogen and oxygen atoms in total. The van der Waals surface area contributed by atoms with Crippen LogP contribution in [0.2, 0.25) is 0 Å². The van der Waals surface area contributed by atoms with E-state index in [-0.39, 0.29) is 5.75 Å². The third kappa shape index (κ3) is 3.34. The first-order valence-corrected chi connectivity index (χ1v) is 7.16. The maximum atomic E-state index is 11.9. The summed E-state index contributed by atoms with van der Waals surface area (Å²) in [6, 6.07) is 16.0. The van der Waals surface area contributed by atoms with Crippen LogP contribution in [0, 0.1) is 6.92 Å². The van der Waals surface area contributed by atoms with Crippen LogP contribution in [0.4, 0.5) is 0 Å². The van der Waals surface area contributed by atoms with Gasteiger partial charge in [-0.05, 0) is 24.1 Å². The first-order valence-electron chi connectivity index (χ1n) is 5.58. The molecule has 94 valence electrons. The summed E-state index contributed by atoms with van der Waals surface area (Å²) in [7, 11) is -3.61. The minimum atomic E-state index is -3.61. The van der Waals surface area contributed by atoms with Gasteiger partial charge in [-0.25, -0.2) is 0 Å². The summed E-state index contributed by atoms with van der Waals surface area (Å²) < 4.78 is 28.9. The molecular formula is C14H14O3S. The van der Waals surface area contributed by atoms with E-state index in [9.17, 15) is 8.42 Å². The highest BCUT2D eigenvalue weighted by molar-refractivity contribution is 7.86. The maximum Gasteiger partial charge on any atom is 0.313 e. The van der Waals surface area contributed by atoms with Crippen LogP contribution in [-0.2, 0) is 15.9 Å². The van der Waals surface area contributed by atoms with Crippen molar-refractivity contribution in [2.24, 2.45) is 0 Å². The van der Waals surface area contributed by atoms with Crippen molar-refractivity contribution in [3.8, 4) is 5.75 Å². The van der Waals surface area contributed by atoms with E-state index in [2.05, 4.69) is 0 Å². The molecule has 4 heteroatoms. The van der Waals surface area contributed by atoms with Crippen LogP contribution >= 0.6 is 0 Å². The van der Waals surface area contributed by atoms with Crippen molar-refractivity contribution < 1.29 is 12.6 Å². The molecule has 0 atom stereocenters. The van der Waals surface area contributed by atoms with Crippen LogP contribution in [0.25, 0.3) is 0 Å². The Morgan fingerprint density at radius 1 is 0.944 bits per heavy atom. The second-order valence-electron chi connectivity index (χ2n) is 4.04. The molecule has 0 fully saturated rings. The normalized spacial score (nSPS) is 11.2. The average Bonchev–Trinajstić information content (AvgIpc) is 2.32. The molecule has 0 saturated heterocycles. The Bertz CT molecular complexity index is 618. The fraction of sp³-hybridized carbons (Fsp3) is 0.143. The summed E-state index contributed by atoms with van der Waals surface area (Å²) in [4.78, 5) is 0. The lowest BCUT2D eigenvalue weighted by molar-refractivity contribution is 0.483. The van der Waals surface area contributed by atoms with E-state index in [1.54, 1.807) is 36.4 Å². The van der Waals surface area contributed by atoms with Crippen LogP contribution in [-0.4, -0.2) is 8.42 Å². The summed E-state index contributed by atoms with van der Waals surface area (Å²) in [5, 5.41) is 0. The molecule has 0 spiro atoms. The number of hydrogen-bond acceptors (Lipinski definition) is 3. The van der Waals surface area contributed by atoms with Gasteiger partial charge < -0.3 is 4.18 Å². The summed E-state index contributed by atoms with van der Waals surface area (Å²) in [5.74, 6) is 0.260. The highest BCUT2D eigenvalue weighted by Gasteiger charge is 2.14. The lowest BCUT2D eigenvalue weighted by Gasteiger charge is -2.09. The predicted molar refractivity (Wildman–Crippen MR) is 70.9 cm³/mol. The van der Waals surface area contributed by atoms with E-state index < -0.39 is 10.1 Å². The highest BCUT2D eigenvalue weighted by Crippen LogP contribution is 2.19. The summed E-state index contributed by atoms with van der Waals surface area (Å²) in [6.07, 6.45) is 0. The van der Waals surface area contributed by atoms with Gasteiger partial charge in [-0.15, -0.1) is 0 Å². The largest absolute Gasteiger partial charge is 0.382 e. The zero-order chi connectivity index (χ0) is 13.0. The van der Waals surface area contributed by atoms with Gasteiger partial charge in [-0.1, -0.05) is 48.5 Å². The van der Waals surface area contributed by atoms with Crippen LogP contribution in [0.3, 0.4) is 0 Å². The standard InChI is InChI=1S/C14H14O3S/c1-12-7-5-6-10-14(12)17-18(15,16)11-13-8-3-2-4-9-13/h2-10H,11H2,1H3. The Morgan fingerprint density at radius 3 is 2.22 bits per heavy atom. The molecule has 0 amide bonds. The first kappa shape index (κ1) is 12.6. The SMILES string of the molecule is Cc1ccccc1OS(=O)(=O)Cc1ccccc1. The topological polar surface area (TPSA) is 43.4 Å². The van der Waals surface area contributed by atoms with Crippen molar-refractivity contribution >= 4 is 10.1 Å². The quantitative estimate of drug-likeness (QED) is 0.796. The van der Waals surface area contributed by atoms with Crippen LogP contribution in [0.1, 0.15) is 11.1 Å². The monoisotopic (exact) mass is 262 g/mol. The lowest BCUT2D eigenvalue weighted by Crippen LogP contribution is -2.12. The second kappa shape index (κ2) is 5.23. The molecule has 0 aromatic heterocycles. The van der Waals surface area contributed by atoms with Crippen LogP contribution < -0.4 is 4.18 Å². The van der Waals surface area contributed by atoms with Crippen molar-refractivity contribution in [2.75, 3.05) is 0 Å². The minimum Gasteiger partial charge on any atom is -0.382 e.